The lowest BCUT2D eigenvalue weighted by Crippen LogP contribution is -2.25. The minimum atomic E-state index is -0.622. The van der Waals surface area contributed by atoms with Crippen molar-refractivity contribution in [2.24, 2.45) is 0 Å². The van der Waals surface area contributed by atoms with E-state index in [2.05, 4.69) is 10.3 Å². The molecule has 4 rings (SSSR count). The fraction of sp³-hybridized carbons (Fsp3) is 0.227. The van der Waals surface area contributed by atoms with Crippen LogP contribution in [0.5, 0.6) is 0 Å². The van der Waals surface area contributed by atoms with Gasteiger partial charge >= 0.3 is 11.9 Å². The minimum Gasteiger partial charge on any atom is -0.461 e. The number of aryl methyl sites for hydroxylation is 1. The van der Waals surface area contributed by atoms with Gasteiger partial charge in [0, 0.05) is 5.39 Å². The fourth-order valence-electron chi connectivity index (χ4n) is 3.20. The van der Waals surface area contributed by atoms with Crippen molar-refractivity contribution < 1.29 is 23.5 Å². The quantitative estimate of drug-likeness (QED) is 0.419. The number of para-hydroxylation sites is 1. The van der Waals surface area contributed by atoms with E-state index >= 15 is 0 Å². The lowest BCUT2D eigenvalue weighted by molar-refractivity contribution is -0.145. The average molecular weight is 421 g/mol. The second-order valence-corrected chi connectivity index (χ2v) is 6.67. The van der Waals surface area contributed by atoms with E-state index in [1.165, 1.54) is 0 Å². The van der Waals surface area contributed by atoms with E-state index in [0.29, 0.717) is 27.4 Å². The number of hydrogen-bond donors (Lipinski definition) is 0. The summed E-state index contributed by atoms with van der Waals surface area (Å²) in [5.41, 5.74) is 1.09. The summed E-state index contributed by atoms with van der Waals surface area (Å²) in [5, 5.41) is 8.93. The molecule has 9 heteroatoms. The van der Waals surface area contributed by atoms with Gasteiger partial charge in [0.15, 0.2) is 0 Å². The Balaban J connectivity index is 1.46. The summed E-state index contributed by atoms with van der Waals surface area (Å²) in [5.74, 6) is -1.17. The molecule has 0 spiro atoms. The summed E-state index contributed by atoms with van der Waals surface area (Å²) in [6.45, 7) is 1.74. The van der Waals surface area contributed by atoms with Crippen LogP contribution in [0.4, 0.5) is 0 Å². The van der Waals surface area contributed by atoms with Crippen molar-refractivity contribution in [3.63, 3.8) is 0 Å². The van der Waals surface area contributed by atoms with Crippen molar-refractivity contribution in [2.75, 3.05) is 6.61 Å². The third kappa shape index (κ3) is 4.16. The van der Waals surface area contributed by atoms with Crippen LogP contribution in [0.15, 0.2) is 57.7 Å². The maximum atomic E-state index is 12.5. The number of fused-ring (bicyclic) bond motifs is 2. The first kappa shape index (κ1) is 20.3. The Hall–Kier alpha value is -4.01. The van der Waals surface area contributed by atoms with Crippen molar-refractivity contribution in [2.45, 2.75) is 26.5 Å². The van der Waals surface area contributed by atoms with Gasteiger partial charge in [0.1, 0.15) is 17.7 Å². The maximum absolute atomic E-state index is 12.5. The first-order chi connectivity index (χ1) is 15.1. The average Bonchev–Trinajstić information content (AvgIpc) is 3.16. The van der Waals surface area contributed by atoms with E-state index < -0.39 is 11.9 Å². The van der Waals surface area contributed by atoms with Gasteiger partial charge in [0.05, 0.1) is 30.5 Å². The smallest absolute Gasteiger partial charge is 0.374 e. The molecule has 0 saturated heterocycles. The first-order valence-electron chi connectivity index (χ1n) is 9.74. The first-order valence-corrected chi connectivity index (χ1v) is 9.74. The van der Waals surface area contributed by atoms with Gasteiger partial charge < -0.3 is 13.9 Å². The summed E-state index contributed by atoms with van der Waals surface area (Å²) < 4.78 is 17.1. The van der Waals surface area contributed by atoms with E-state index in [9.17, 15) is 14.4 Å². The van der Waals surface area contributed by atoms with Crippen LogP contribution in [0.3, 0.4) is 0 Å². The molecular weight excluding hydrogens is 402 g/mol. The number of rotatable bonds is 7. The molecule has 158 valence electrons. The summed E-state index contributed by atoms with van der Waals surface area (Å²) in [4.78, 5) is 37.0. The molecule has 0 N–H and O–H groups in total. The molecule has 0 fully saturated rings. The maximum Gasteiger partial charge on any atom is 0.374 e. The zero-order valence-corrected chi connectivity index (χ0v) is 16.7. The molecular formula is C22H19N3O6. The van der Waals surface area contributed by atoms with Gasteiger partial charge in [-0.2, -0.15) is 0 Å². The number of ether oxygens (including phenoxy) is 2. The molecule has 0 bridgehead atoms. The highest BCUT2D eigenvalue weighted by molar-refractivity contribution is 5.96. The fourth-order valence-corrected chi connectivity index (χ4v) is 3.20. The highest BCUT2D eigenvalue weighted by atomic mass is 16.5. The molecule has 0 atom stereocenters. The molecule has 31 heavy (non-hydrogen) atoms. The van der Waals surface area contributed by atoms with Crippen molar-refractivity contribution in [3.8, 4) is 0 Å². The molecule has 0 aliphatic rings. The monoisotopic (exact) mass is 421 g/mol. The second kappa shape index (κ2) is 8.78. The van der Waals surface area contributed by atoms with E-state index in [-0.39, 0.29) is 37.5 Å². The molecule has 2 heterocycles. The normalized spacial score (nSPS) is 11.0. The van der Waals surface area contributed by atoms with Crippen LogP contribution in [-0.2, 0) is 27.4 Å². The van der Waals surface area contributed by atoms with Gasteiger partial charge in [0.2, 0.25) is 5.76 Å². The van der Waals surface area contributed by atoms with Gasteiger partial charge in [-0.3, -0.25) is 9.59 Å². The van der Waals surface area contributed by atoms with Gasteiger partial charge in [-0.15, -0.1) is 5.10 Å². The van der Waals surface area contributed by atoms with Crippen LogP contribution >= 0.6 is 0 Å². The number of furan rings is 1. The Bertz CT molecular complexity index is 1320. The third-order valence-electron chi connectivity index (χ3n) is 4.69. The van der Waals surface area contributed by atoms with Gasteiger partial charge in [-0.1, -0.05) is 35.5 Å². The van der Waals surface area contributed by atoms with Crippen LogP contribution in [0.25, 0.3) is 21.9 Å². The van der Waals surface area contributed by atoms with Crippen molar-refractivity contribution >= 4 is 33.8 Å². The molecule has 0 saturated carbocycles. The van der Waals surface area contributed by atoms with Crippen molar-refractivity contribution in [1.29, 1.82) is 0 Å². The van der Waals surface area contributed by atoms with E-state index in [4.69, 9.17) is 13.9 Å². The number of hydrogen-bond acceptors (Lipinski definition) is 8. The molecule has 2 aromatic carbocycles. The van der Waals surface area contributed by atoms with E-state index in [1.54, 1.807) is 55.5 Å². The van der Waals surface area contributed by atoms with Crippen LogP contribution in [0.1, 0.15) is 29.5 Å². The summed E-state index contributed by atoms with van der Waals surface area (Å²) >= 11 is 0. The Kier molecular flexibility index (Phi) is 5.74. The Morgan fingerprint density at radius 2 is 1.77 bits per heavy atom. The Labute approximate surface area is 176 Å². The number of benzene rings is 2. The summed E-state index contributed by atoms with van der Waals surface area (Å²) in [6, 6.07) is 13.9. The predicted octanol–water partition coefficient (Wildman–Crippen LogP) is 2.85. The number of aromatic nitrogens is 3. The summed E-state index contributed by atoms with van der Waals surface area (Å²) in [6.07, 6.45) is -0.0859. The highest BCUT2D eigenvalue weighted by Crippen LogP contribution is 2.27. The largest absolute Gasteiger partial charge is 0.461 e. The van der Waals surface area contributed by atoms with Crippen molar-refractivity contribution in [1.82, 2.24) is 15.0 Å². The van der Waals surface area contributed by atoms with Crippen LogP contribution in [0.2, 0.25) is 0 Å². The zero-order valence-electron chi connectivity index (χ0n) is 16.7. The SMILES string of the molecule is CCOC(=O)c1oc2ccccc2c1COC(=O)CCn1nnc2ccccc2c1=O. The number of esters is 2. The van der Waals surface area contributed by atoms with Crippen LogP contribution in [0, 0.1) is 0 Å². The standard InChI is InChI=1S/C22H19N3O6/c1-2-29-22(28)20-16(14-7-4-6-10-18(14)31-20)13-30-19(26)11-12-25-21(27)15-8-3-5-9-17(15)23-24-25/h3-10H,2,11-13H2,1H3. The number of nitrogens with zero attached hydrogens (tertiary/aromatic N) is 3. The Morgan fingerprint density at radius 3 is 2.58 bits per heavy atom. The highest BCUT2D eigenvalue weighted by Gasteiger charge is 2.22. The van der Waals surface area contributed by atoms with Crippen molar-refractivity contribution in [3.05, 3.63) is 70.2 Å². The molecule has 0 aliphatic heterocycles. The van der Waals surface area contributed by atoms with E-state index in [0.717, 1.165) is 4.68 Å². The van der Waals surface area contributed by atoms with Gasteiger partial charge in [-0.25, -0.2) is 9.48 Å². The number of carbonyl (C=O) groups excluding carboxylic acids is 2. The molecule has 0 amide bonds. The Morgan fingerprint density at radius 1 is 1.03 bits per heavy atom. The van der Waals surface area contributed by atoms with Gasteiger partial charge in [0.25, 0.3) is 5.56 Å². The molecule has 0 unspecified atom stereocenters. The molecule has 4 aromatic rings. The molecule has 0 radical (unpaired) electrons. The molecule has 9 nitrogen and oxygen atoms in total. The van der Waals surface area contributed by atoms with Gasteiger partial charge in [-0.05, 0) is 25.1 Å². The lowest BCUT2D eigenvalue weighted by atomic mass is 10.1. The summed E-state index contributed by atoms with van der Waals surface area (Å²) in [7, 11) is 0. The topological polar surface area (TPSA) is 114 Å². The van der Waals surface area contributed by atoms with Crippen LogP contribution < -0.4 is 5.56 Å². The minimum absolute atomic E-state index is 0.00691. The molecule has 2 aromatic heterocycles. The zero-order chi connectivity index (χ0) is 21.8. The molecule has 0 aliphatic carbocycles. The number of carbonyl (C=O) groups is 2. The second-order valence-electron chi connectivity index (χ2n) is 6.67. The third-order valence-corrected chi connectivity index (χ3v) is 4.69. The van der Waals surface area contributed by atoms with Crippen LogP contribution in [-0.4, -0.2) is 33.5 Å². The predicted molar refractivity (Wildman–Crippen MR) is 110 cm³/mol. The van der Waals surface area contributed by atoms with E-state index in [1.807, 2.05) is 0 Å². The lowest BCUT2D eigenvalue weighted by Gasteiger charge is -2.07.